The van der Waals surface area contributed by atoms with Crippen LogP contribution in [0.25, 0.3) is 22.3 Å². The summed E-state index contributed by atoms with van der Waals surface area (Å²) in [6.07, 6.45) is 2.23. The molecule has 2 aromatic heterocycles. The van der Waals surface area contributed by atoms with Crippen LogP contribution in [0.1, 0.15) is 30.3 Å². The molecular formula is C18H23N4O+. The molecule has 3 aromatic rings. The van der Waals surface area contributed by atoms with E-state index in [9.17, 15) is 0 Å². The maximum absolute atomic E-state index is 5.62. The summed E-state index contributed by atoms with van der Waals surface area (Å²) in [4.78, 5) is 8.13. The molecule has 4 rings (SSSR count). The number of quaternary nitrogens is 1. The van der Waals surface area contributed by atoms with Gasteiger partial charge in [0.2, 0.25) is 11.7 Å². The molecule has 0 amide bonds. The van der Waals surface area contributed by atoms with E-state index in [-0.39, 0.29) is 0 Å². The molecule has 120 valence electrons. The summed E-state index contributed by atoms with van der Waals surface area (Å²) >= 11 is 0. The second-order valence-electron chi connectivity index (χ2n) is 7.28. The number of piperidine rings is 1. The number of fused-ring (bicyclic) bond motifs is 1. The Balaban J connectivity index is 1.66. The number of aromatic nitrogens is 3. The van der Waals surface area contributed by atoms with E-state index in [1.165, 1.54) is 0 Å². The van der Waals surface area contributed by atoms with E-state index in [1.54, 1.807) is 0 Å². The zero-order chi connectivity index (χ0) is 16.0. The van der Waals surface area contributed by atoms with Crippen molar-refractivity contribution in [1.82, 2.24) is 15.1 Å². The monoisotopic (exact) mass is 311 g/mol. The SMILES string of the molecule is Cc1[nH]c2ccccc2c1-c1noc(C2CC[N+](C)(C)CC2)n1. The molecule has 1 N–H and O–H groups in total. The number of likely N-dealkylation sites (tertiary alicyclic amines) is 1. The highest BCUT2D eigenvalue weighted by atomic mass is 16.5. The minimum absolute atomic E-state index is 0.396. The summed E-state index contributed by atoms with van der Waals surface area (Å²) in [5.41, 5.74) is 3.26. The molecule has 1 fully saturated rings. The van der Waals surface area contributed by atoms with Crippen LogP contribution in [0.2, 0.25) is 0 Å². The fourth-order valence-electron chi connectivity index (χ4n) is 3.58. The molecule has 1 aromatic carbocycles. The summed E-state index contributed by atoms with van der Waals surface area (Å²) in [5, 5.41) is 5.42. The summed E-state index contributed by atoms with van der Waals surface area (Å²) in [5.74, 6) is 1.89. The second kappa shape index (κ2) is 5.20. The van der Waals surface area contributed by atoms with E-state index in [0.717, 1.165) is 58.5 Å². The van der Waals surface area contributed by atoms with Crippen molar-refractivity contribution in [2.75, 3.05) is 27.2 Å². The molecule has 0 spiro atoms. The Morgan fingerprint density at radius 1 is 1.17 bits per heavy atom. The predicted octanol–water partition coefficient (Wildman–Crippen LogP) is 3.48. The smallest absolute Gasteiger partial charge is 0.230 e. The van der Waals surface area contributed by atoms with Gasteiger partial charge < -0.3 is 14.0 Å². The van der Waals surface area contributed by atoms with Crippen LogP contribution in [0, 0.1) is 6.92 Å². The third kappa shape index (κ3) is 2.55. The molecule has 0 atom stereocenters. The van der Waals surface area contributed by atoms with Crippen molar-refractivity contribution in [3.05, 3.63) is 35.9 Å². The average Bonchev–Trinajstić information content (AvgIpc) is 3.10. The lowest BCUT2D eigenvalue weighted by molar-refractivity contribution is -0.895. The van der Waals surface area contributed by atoms with Crippen LogP contribution in [0.5, 0.6) is 0 Å². The van der Waals surface area contributed by atoms with Crippen LogP contribution in [-0.4, -0.2) is 46.8 Å². The van der Waals surface area contributed by atoms with Gasteiger partial charge in [0.1, 0.15) is 0 Å². The zero-order valence-electron chi connectivity index (χ0n) is 14.0. The fourth-order valence-corrected chi connectivity index (χ4v) is 3.58. The molecule has 1 aliphatic rings. The Hall–Kier alpha value is -2.14. The van der Waals surface area contributed by atoms with Crippen LogP contribution >= 0.6 is 0 Å². The molecule has 0 aliphatic carbocycles. The Kier molecular flexibility index (Phi) is 3.27. The van der Waals surface area contributed by atoms with Gasteiger partial charge in [0.05, 0.1) is 32.7 Å². The molecule has 3 heterocycles. The molecule has 0 saturated carbocycles. The highest BCUT2D eigenvalue weighted by Gasteiger charge is 2.31. The Labute approximate surface area is 135 Å². The summed E-state index contributed by atoms with van der Waals surface area (Å²) in [7, 11) is 4.57. The van der Waals surface area contributed by atoms with Gasteiger partial charge in [-0.05, 0) is 13.0 Å². The molecule has 5 heteroatoms. The van der Waals surface area contributed by atoms with Gasteiger partial charge in [-0.2, -0.15) is 4.98 Å². The number of aryl methyl sites for hydroxylation is 1. The highest BCUT2D eigenvalue weighted by Crippen LogP contribution is 2.33. The third-order valence-electron chi connectivity index (χ3n) is 5.07. The number of hydrogen-bond acceptors (Lipinski definition) is 3. The lowest BCUT2D eigenvalue weighted by Crippen LogP contribution is -2.45. The number of hydrogen-bond donors (Lipinski definition) is 1. The molecule has 5 nitrogen and oxygen atoms in total. The largest absolute Gasteiger partial charge is 0.358 e. The van der Waals surface area contributed by atoms with E-state index >= 15 is 0 Å². The van der Waals surface area contributed by atoms with Crippen LogP contribution in [-0.2, 0) is 0 Å². The fraction of sp³-hybridized carbons (Fsp3) is 0.444. The van der Waals surface area contributed by atoms with Crippen molar-refractivity contribution in [1.29, 1.82) is 0 Å². The van der Waals surface area contributed by atoms with Crippen LogP contribution in [0.3, 0.4) is 0 Å². The predicted molar refractivity (Wildman–Crippen MR) is 90.1 cm³/mol. The summed E-state index contributed by atoms with van der Waals surface area (Å²) in [6.45, 7) is 4.38. The summed E-state index contributed by atoms with van der Waals surface area (Å²) in [6, 6.07) is 8.26. The number of rotatable bonds is 2. The Morgan fingerprint density at radius 2 is 1.91 bits per heavy atom. The lowest BCUT2D eigenvalue weighted by Gasteiger charge is -2.35. The van der Waals surface area contributed by atoms with Gasteiger partial charge in [-0.1, -0.05) is 23.4 Å². The number of benzene rings is 1. The minimum Gasteiger partial charge on any atom is -0.358 e. The zero-order valence-corrected chi connectivity index (χ0v) is 14.0. The first-order valence-electron chi connectivity index (χ1n) is 8.27. The molecule has 0 radical (unpaired) electrons. The second-order valence-corrected chi connectivity index (χ2v) is 7.28. The van der Waals surface area contributed by atoms with Crippen molar-refractivity contribution >= 4 is 10.9 Å². The molecular weight excluding hydrogens is 288 g/mol. The van der Waals surface area contributed by atoms with Crippen molar-refractivity contribution in [3.8, 4) is 11.4 Å². The van der Waals surface area contributed by atoms with E-state index in [0.29, 0.717) is 11.7 Å². The molecule has 0 unspecified atom stereocenters. The van der Waals surface area contributed by atoms with Gasteiger partial charge in [-0.3, -0.25) is 0 Å². The van der Waals surface area contributed by atoms with E-state index < -0.39 is 0 Å². The van der Waals surface area contributed by atoms with Gasteiger partial charge >= 0.3 is 0 Å². The van der Waals surface area contributed by atoms with Gasteiger partial charge in [-0.15, -0.1) is 0 Å². The third-order valence-corrected chi connectivity index (χ3v) is 5.07. The topological polar surface area (TPSA) is 54.7 Å². The normalized spacial score (nSPS) is 18.6. The van der Waals surface area contributed by atoms with Gasteiger partial charge in [0.25, 0.3) is 0 Å². The van der Waals surface area contributed by atoms with E-state index in [2.05, 4.69) is 43.3 Å². The van der Waals surface area contributed by atoms with E-state index in [4.69, 9.17) is 9.51 Å². The van der Waals surface area contributed by atoms with Crippen molar-refractivity contribution in [3.63, 3.8) is 0 Å². The maximum atomic E-state index is 5.62. The Morgan fingerprint density at radius 3 is 2.70 bits per heavy atom. The van der Waals surface area contributed by atoms with Crippen LogP contribution < -0.4 is 0 Å². The first kappa shape index (κ1) is 14.5. The van der Waals surface area contributed by atoms with Crippen molar-refractivity contribution in [2.24, 2.45) is 0 Å². The van der Waals surface area contributed by atoms with Crippen LogP contribution in [0.4, 0.5) is 0 Å². The van der Waals surface area contributed by atoms with Gasteiger partial charge in [0, 0.05) is 35.4 Å². The van der Waals surface area contributed by atoms with Crippen molar-refractivity contribution in [2.45, 2.75) is 25.7 Å². The standard InChI is InChI=1S/C18H23N4O/c1-12-16(14-6-4-5-7-15(14)19-12)17-20-18(23-21-17)13-8-10-22(2,3)11-9-13/h4-7,13,19H,8-11H2,1-3H3/q+1. The first-order chi connectivity index (χ1) is 11.0. The molecule has 1 aliphatic heterocycles. The average molecular weight is 311 g/mol. The lowest BCUT2D eigenvalue weighted by atomic mass is 9.96. The number of H-pyrrole nitrogens is 1. The minimum atomic E-state index is 0.396. The first-order valence-corrected chi connectivity index (χ1v) is 8.27. The van der Waals surface area contributed by atoms with Gasteiger partial charge in [-0.25, -0.2) is 0 Å². The molecule has 23 heavy (non-hydrogen) atoms. The summed E-state index contributed by atoms with van der Waals surface area (Å²) < 4.78 is 6.70. The maximum Gasteiger partial charge on any atom is 0.230 e. The number of nitrogens with zero attached hydrogens (tertiary/aromatic N) is 3. The Bertz CT molecular complexity index is 836. The molecule has 0 bridgehead atoms. The van der Waals surface area contributed by atoms with Crippen LogP contribution in [0.15, 0.2) is 28.8 Å². The quantitative estimate of drug-likeness (QED) is 0.737. The van der Waals surface area contributed by atoms with Gasteiger partial charge in [0.15, 0.2) is 0 Å². The van der Waals surface area contributed by atoms with E-state index in [1.807, 2.05) is 12.1 Å². The van der Waals surface area contributed by atoms with Crippen molar-refractivity contribution < 1.29 is 9.01 Å². The number of aromatic amines is 1. The highest BCUT2D eigenvalue weighted by molar-refractivity contribution is 5.95. The number of nitrogens with one attached hydrogen (secondary N) is 1. The molecule has 1 saturated heterocycles. The number of para-hydroxylation sites is 1.